The summed E-state index contributed by atoms with van der Waals surface area (Å²) in [4.78, 5) is 8.52. The molecule has 20 heavy (non-hydrogen) atoms. The molecule has 0 radical (unpaired) electrons. The molecular weight excluding hydrogens is 252 g/mol. The fourth-order valence-corrected chi connectivity index (χ4v) is 1.90. The van der Waals surface area contributed by atoms with Crippen molar-refractivity contribution in [3.63, 3.8) is 0 Å². The van der Waals surface area contributed by atoms with Crippen LogP contribution in [0.25, 0.3) is 0 Å². The van der Waals surface area contributed by atoms with Crippen molar-refractivity contribution in [2.75, 3.05) is 11.1 Å². The van der Waals surface area contributed by atoms with Crippen LogP contribution in [0.3, 0.4) is 0 Å². The molecule has 3 N–H and O–H groups in total. The van der Waals surface area contributed by atoms with Gasteiger partial charge in [0.05, 0.1) is 12.1 Å². The second kappa shape index (κ2) is 6.23. The minimum Gasteiger partial charge on any atom is -0.475 e. The molecule has 5 heteroatoms. The molecule has 1 atom stereocenters. The number of nitrogens with zero attached hydrogens (tertiary/aromatic N) is 2. The number of hydrogen-bond donors (Lipinski definition) is 2. The van der Waals surface area contributed by atoms with Crippen LogP contribution in [-0.4, -0.2) is 16.1 Å². The molecule has 0 bridgehead atoms. The number of para-hydroxylation sites is 1. The third-order valence-electron chi connectivity index (χ3n) is 2.79. The molecule has 0 aliphatic rings. The number of rotatable bonds is 5. The van der Waals surface area contributed by atoms with Gasteiger partial charge in [-0.25, -0.2) is 4.98 Å². The van der Waals surface area contributed by atoms with Crippen molar-refractivity contribution in [1.29, 1.82) is 0 Å². The first kappa shape index (κ1) is 14.1. The van der Waals surface area contributed by atoms with Crippen LogP contribution in [0.1, 0.15) is 32.4 Å². The van der Waals surface area contributed by atoms with Crippen LogP contribution in [0.15, 0.2) is 36.5 Å². The summed E-state index contributed by atoms with van der Waals surface area (Å²) in [6, 6.07) is 9.51. The Balaban J connectivity index is 2.12. The molecule has 1 unspecified atom stereocenters. The highest BCUT2D eigenvalue weighted by atomic mass is 16.5. The zero-order chi connectivity index (χ0) is 14.5. The summed E-state index contributed by atoms with van der Waals surface area (Å²) in [7, 11) is 0. The van der Waals surface area contributed by atoms with Gasteiger partial charge in [0, 0.05) is 18.0 Å². The minimum atomic E-state index is 0.0190. The maximum Gasteiger partial charge on any atom is 0.226 e. The second-order valence-corrected chi connectivity index (χ2v) is 4.88. The summed E-state index contributed by atoms with van der Waals surface area (Å²) in [5.74, 6) is 1.09. The van der Waals surface area contributed by atoms with Gasteiger partial charge >= 0.3 is 0 Å². The van der Waals surface area contributed by atoms with Crippen molar-refractivity contribution in [3.05, 3.63) is 42.1 Å². The molecule has 2 rings (SSSR count). The van der Waals surface area contributed by atoms with E-state index in [0.29, 0.717) is 11.8 Å². The number of benzene rings is 1. The highest BCUT2D eigenvalue weighted by molar-refractivity contribution is 5.50. The van der Waals surface area contributed by atoms with Gasteiger partial charge < -0.3 is 15.8 Å². The van der Waals surface area contributed by atoms with E-state index >= 15 is 0 Å². The summed E-state index contributed by atoms with van der Waals surface area (Å²) in [6.45, 7) is 5.94. The van der Waals surface area contributed by atoms with E-state index in [2.05, 4.69) is 15.3 Å². The van der Waals surface area contributed by atoms with Gasteiger partial charge in [-0.1, -0.05) is 18.2 Å². The number of anilines is 2. The topological polar surface area (TPSA) is 73.1 Å². The van der Waals surface area contributed by atoms with Gasteiger partial charge in [-0.05, 0) is 32.4 Å². The first-order chi connectivity index (χ1) is 9.56. The fraction of sp³-hybridized carbons (Fsp3) is 0.333. The molecular formula is C15H20N4O. The molecule has 1 aromatic heterocycles. The Morgan fingerprint density at radius 3 is 2.60 bits per heavy atom. The van der Waals surface area contributed by atoms with Crippen LogP contribution < -0.4 is 15.8 Å². The van der Waals surface area contributed by atoms with Crippen molar-refractivity contribution in [2.45, 2.75) is 32.9 Å². The molecule has 2 aromatic rings. The van der Waals surface area contributed by atoms with Crippen LogP contribution >= 0.6 is 0 Å². The minimum absolute atomic E-state index is 0.0190. The number of nitrogens with two attached hydrogens (primary N) is 1. The molecule has 0 saturated heterocycles. The molecule has 1 heterocycles. The lowest BCUT2D eigenvalue weighted by molar-refractivity contribution is 0.232. The van der Waals surface area contributed by atoms with E-state index in [4.69, 9.17) is 10.5 Å². The van der Waals surface area contributed by atoms with Crippen molar-refractivity contribution in [2.24, 2.45) is 0 Å². The number of hydrogen-bond acceptors (Lipinski definition) is 5. The summed E-state index contributed by atoms with van der Waals surface area (Å²) in [6.07, 6.45) is 1.76. The predicted octanol–water partition coefficient (Wildman–Crippen LogP) is 3.02. The first-order valence-corrected chi connectivity index (χ1v) is 6.67. The van der Waals surface area contributed by atoms with Gasteiger partial charge in [-0.15, -0.1) is 0 Å². The Hall–Kier alpha value is -2.30. The Morgan fingerprint density at radius 1 is 1.15 bits per heavy atom. The quantitative estimate of drug-likeness (QED) is 0.818. The van der Waals surface area contributed by atoms with Crippen molar-refractivity contribution in [1.82, 2.24) is 9.97 Å². The van der Waals surface area contributed by atoms with E-state index < -0.39 is 0 Å². The van der Waals surface area contributed by atoms with Crippen molar-refractivity contribution < 1.29 is 4.74 Å². The molecule has 0 amide bonds. The van der Waals surface area contributed by atoms with Gasteiger partial charge in [-0.2, -0.15) is 4.98 Å². The molecule has 5 nitrogen and oxygen atoms in total. The van der Waals surface area contributed by atoms with Gasteiger partial charge in [-0.3, -0.25) is 0 Å². The third kappa shape index (κ3) is 3.60. The maximum absolute atomic E-state index is 5.97. The smallest absolute Gasteiger partial charge is 0.226 e. The van der Waals surface area contributed by atoms with Crippen LogP contribution in [0, 0.1) is 0 Å². The highest BCUT2D eigenvalue weighted by Crippen LogP contribution is 2.22. The van der Waals surface area contributed by atoms with E-state index in [-0.39, 0.29) is 12.1 Å². The number of nitrogen functional groups attached to an aromatic ring is 1. The lowest BCUT2D eigenvalue weighted by Crippen LogP contribution is -2.12. The Morgan fingerprint density at radius 2 is 1.90 bits per heavy atom. The van der Waals surface area contributed by atoms with Crippen LogP contribution in [0.5, 0.6) is 5.88 Å². The molecule has 0 saturated carbocycles. The summed E-state index contributed by atoms with van der Waals surface area (Å²) >= 11 is 0. The van der Waals surface area contributed by atoms with Crippen LogP contribution in [-0.2, 0) is 0 Å². The molecule has 0 aliphatic carbocycles. The Kier molecular flexibility index (Phi) is 4.40. The molecule has 0 spiro atoms. The third-order valence-corrected chi connectivity index (χ3v) is 2.79. The maximum atomic E-state index is 5.97. The highest BCUT2D eigenvalue weighted by Gasteiger charge is 2.10. The summed E-state index contributed by atoms with van der Waals surface area (Å²) < 4.78 is 5.55. The van der Waals surface area contributed by atoms with Gasteiger partial charge in [0.1, 0.15) is 0 Å². The average Bonchev–Trinajstić information content (AvgIpc) is 2.38. The van der Waals surface area contributed by atoms with Crippen molar-refractivity contribution >= 4 is 11.6 Å². The van der Waals surface area contributed by atoms with E-state index in [0.717, 1.165) is 11.3 Å². The Bertz CT molecular complexity index is 571. The molecule has 0 aliphatic heterocycles. The average molecular weight is 272 g/mol. The molecule has 106 valence electrons. The number of nitrogens with one attached hydrogen (secondary N) is 1. The summed E-state index contributed by atoms with van der Waals surface area (Å²) in [5, 5.41) is 3.23. The normalized spacial score (nSPS) is 12.2. The lowest BCUT2D eigenvalue weighted by atomic mass is 10.1. The van der Waals surface area contributed by atoms with Gasteiger partial charge in [0.25, 0.3) is 0 Å². The monoisotopic (exact) mass is 272 g/mol. The van der Waals surface area contributed by atoms with Crippen LogP contribution in [0.2, 0.25) is 0 Å². The van der Waals surface area contributed by atoms with Crippen molar-refractivity contribution in [3.8, 4) is 5.88 Å². The van der Waals surface area contributed by atoms with E-state index in [1.807, 2.05) is 45.0 Å². The van der Waals surface area contributed by atoms with Gasteiger partial charge in [0.2, 0.25) is 11.8 Å². The number of aromatic nitrogens is 2. The zero-order valence-corrected chi connectivity index (χ0v) is 12.0. The SMILES string of the molecule is CC(C)Oc1ccnc(NC(C)c2ccccc2N)n1. The predicted molar refractivity (Wildman–Crippen MR) is 80.7 cm³/mol. The fourth-order valence-electron chi connectivity index (χ4n) is 1.90. The standard InChI is InChI=1S/C15H20N4O/c1-10(2)20-14-8-9-17-15(19-14)18-11(3)12-6-4-5-7-13(12)16/h4-11H,16H2,1-3H3,(H,17,18,19). The van der Waals surface area contributed by atoms with Gasteiger partial charge in [0.15, 0.2) is 0 Å². The zero-order valence-electron chi connectivity index (χ0n) is 12.0. The number of ether oxygens (including phenoxy) is 1. The lowest BCUT2D eigenvalue weighted by Gasteiger charge is -2.16. The first-order valence-electron chi connectivity index (χ1n) is 6.67. The molecule has 0 fully saturated rings. The Labute approximate surface area is 119 Å². The summed E-state index contributed by atoms with van der Waals surface area (Å²) in [5.41, 5.74) is 7.74. The second-order valence-electron chi connectivity index (χ2n) is 4.88. The van der Waals surface area contributed by atoms with E-state index in [1.54, 1.807) is 12.3 Å². The van der Waals surface area contributed by atoms with Crippen LogP contribution in [0.4, 0.5) is 11.6 Å². The van der Waals surface area contributed by atoms with E-state index in [9.17, 15) is 0 Å². The largest absolute Gasteiger partial charge is 0.475 e. The van der Waals surface area contributed by atoms with E-state index in [1.165, 1.54) is 0 Å². The molecule has 1 aromatic carbocycles.